The second kappa shape index (κ2) is 9.67. The van der Waals surface area contributed by atoms with E-state index in [1.165, 1.54) is 0 Å². The summed E-state index contributed by atoms with van der Waals surface area (Å²) in [5, 5.41) is 2.85. The Balaban J connectivity index is 2.02. The van der Waals surface area contributed by atoms with Gasteiger partial charge in [0, 0.05) is 6.54 Å². The molecule has 0 aromatic heterocycles. The highest BCUT2D eigenvalue weighted by Gasteiger charge is 2.26. The van der Waals surface area contributed by atoms with Gasteiger partial charge in [0.15, 0.2) is 0 Å². The second-order valence-electron chi connectivity index (χ2n) is 7.14. The summed E-state index contributed by atoms with van der Waals surface area (Å²) in [7, 11) is -3.75. The number of carbonyl (C=O) groups is 1. The van der Waals surface area contributed by atoms with Crippen LogP contribution in [0.3, 0.4) is 0 Å². The van der Waals surface area contributed by atoms with Gasteiger partial charge in [0.05, 0.1) is 4.90 Å². The molecule has 2 aromatic rings. The summed E-state index contributed by atoms with van der Waals surface area (Å²) in [5.41, 5.74) is 2.10. The molecule has 6 heteroatoms. The van der Waals surface area contributed by atoms with Gasteiger partial charge in [0.1, 0.15) is 6.04 Å². The summed E-state index contributed by atoms with van der Waals surface area (Å²) in [5.74, 6) is -0.120. The first kappa shape index (κ1) is 21.1. The van der Waals surface area contributed by atoms with E-state index in [-0.39, 0.29) is 16.7 Å². The molecule has 2 aromatic carbocycles. The fourth-order valence-corrected chi connectivity index (χ4v) is 3.96. The Hall–Kier alpha value is -2.18. The van der Waals surface area contributed by atoms with E-state index in [0.29, 0.717) is 19.4 Å². The number of carbonyl (C=O) groups excluding carboxylic acids is 1. The number of sulfonamides is 1. The third kappa shape index (κ3) is 6.81. The number of rotatable bonds is 9. The van der Waals surface area contributed by atoms with E-state index in [4.69, 9.17) is 0 Å². The Morgan fingerprint density at radius 3 is 2.22 bits per heavy atom. The van der Waals surface area contributed by atoms with Gasteiger partial charge in [-0.05, 0) is 43.4 Å². The zero-order chi connectivity index (χ0) is 19.9. The molecule has 146 valence electrons. The van der Waals surface area contributed by atoms with E-state index < -0.39 is 16.1 Å². The summed E-state index contributed by atoms with van der Waals surface area (Å²) >= 11 is 0. The van der Waals surface area contributed by atoms with Crippen LogP contribution in [-0.2, 0) is 21.2 Å². The monoisotopic (exact) mass is 388 g/mol. The molecular weight excluding hydrogens is 360 g/mol. The van der Waals surface area contributed by atoms with Gasteiger partial charge < -0.3 is 5.32 Å². The van der Waals surface area contributed by atoms with Gasteiger partial charge in [0.2, 0.25) is 15.9 Å². The Bertz CT molecular complexity index is 831. The molecule has 2 N–H and O–H groups in total. The minimum Gasteiger partial charge on any atom is -0.354 e. The first-order valence-electron chi connectivity index (χ1n) is 9.18. The lowest BCUT2D eigenvalue weighted by Crippen LogP contribution is -2.47. The molecule has 0 aliphatic heterocycles. The Morgan fingerprint density at radius 2 is 1.63 bits per heavy atom. The smallest absolute Gasteiger partial charge is 0.241 e. The first-order chi connectivity index (χ1) is 12.8. The number of amides is 1. The lowest BCUT2D eigenvalue weighted by Gasteiger charge is -2.20. The third-order valence-corrected chi connectivity index (χ3v) is 5.70. The third-order valence-electron chi connectivity index (χ3n) is 4.21. The van der Waals surface area contributed by atoms with E-state index in [2.05, 4.69) is 10.0 Å². The zero-order valence-corrected chi connectivity index (χ0v) is 16.9. The van der Waals surface area contributed by atoms with Crippen LogP contribution in [0.1, 0.15) is 31.4 Å². The van der Waals surface area contributed by atoms with Crippen LogP contribution in [0.4, 0.5) is 0 Å². The number of hydrogen-bond acceptors (Lipinski definition) is 3. The fourth-order valence-electron chi connectivity index (χ4n) is 2.75. The normalized spacial score (nSPS) is 12.7. The van der Waals surface area contributed by atoms with Crippen molar-refractivity contribution < 1.29 is 13.2 Å². The van der Waals surface area contributed by atoms with Gasteiger partial charge in [-0.1, -0.05) is 61.9 Å². The average Bonchev–Trinajstić information content (AvgIpc) is 2.62. The molecule has 0 saturated carbocycles. The molecular formula is C21H28N2O3S. The van der Waals surface area contributed by atoms with Crippen molar-refractivity contribution in [2.75, 3.05) is 6.54 Å². The number of aryl methyl sites for hydroxylation is 1. The molecule has 0 spiro atoms. The number of nitrogens with one attached hydrogen (secondary N) is 2. The highest BCUT2D eigenvalue weighted by atomic mass is 32.2. The summed E-state index contributed by atoms with van der Waals surface area (Å²) in [6, 6.07) is 15.6. The maximum absolute atomic E-state index is 12.6. The predicted molar refractivity (Wildman–Crippen MR) is 108 cm³/mol. The van der Waals surface area contributed by atoms with E-state index in [1.54, 1.807) is 24.3 Å². The molecule has 0 bridgehead atoms. The lowest BCUT2D eigenvalue weighted by atomic mass is 10.0. The molecule has 2 rings (SSSR count). The maximum Gasteiger partial charge on any atom is 0.241 e. The predicted octanol–water partition coefficient (Wildman–Crippen LogP) is 3.05. The lowest BCUT2D eigenvalue weighted by molar-refractivity contribution is -0.123. The van der Waals surface area contributed by atoms with Crippen molar-refractivity contribution in [3.8, 4) is 0 Å². The van der Waals surface area contributed by atoms with E-state index in [1.807, 2.05) is 51.1 Å². The summed E-state index contributed by atoms with van der Waals surface area (Å²) in [6.07, 6.45) is 1.13. The van der Waals surface area contributed by atoms with Crippen molar-refractivity contribution >= 4 is 15.9 Å². The van der Waals surface area contributed by atoms with Crippen molar-refractivity contribution in [3.63, 3.8) is 0 Å². The molecule has 1 atom stereocenters. The van der Waals surface area contributed by atoms with Crippen LogP contribution in [0.15, 0.2) is 59.5 Å². The zero-order valence-electron chi connectivity index (χ0n) is 16.1. The van der Waals surface area contributed by atoms with Gasteiger partial charge in [-0.3, -0.25) is 4.79 Å². The average molecular weight is 389 g/mol. The largest absolute Gasteiger partial charge is 0.354 e. The van der Waals surface area contributed by atoms with Gasteiger partial charge in [-0.2, -0.15) is 4.72 Å². The van der Waals surface area contributed by atoms with Crippen LogP contribution >= 0.6 is 0 Å². The second-order valence-corrected chi connectivity index (χ2v) is 8.86. The van der Waals surface area contributed by atoms with E-state index in [0.717, 1.165) is 11.1 Å². The number of hydrogen-bond donors (Lipinski definition) is 2. The Morgan fingerprint density at radius 1 is 1.00 bits per heavy atom. The van der Waals surface area contributed by atoms with Gasteiger partial charge in [0.25, 0.3) is 0 Å². The molecule has 1 amide bonds. The summed E-state index contributed by atoms with van der Waals surface area (Å²) in [6.45, 7) is 6.28. The van der Waals surface area contributed by atoms with Crippen LogP contribution in [0.5, 0.6) is 0 Å². The molecule has 0 radical (unpaired) electrons. The molecule has 0 fully saturated rings. The summed E-state index contributed by atoms with van der Waals surface area (Å²) < 4.78 is 27.9. The van der Waals surface area contributed by atoms with Crippen LogP contribution < -0.4 is 10.0 Å². The van der Waals surface area contributed by atoms with E-state index >= 15 is 0 Å². The van der Waals surface area contributed by atoms with Crippen molar-refractivity contribution in [2.45, 2.75) is 44.6 Å². The molecule has 27 heavy (non-hydrogen) atoms. The van der Waals surface area contributed by atoms with Gasteiger partial charge in [-0.15, -0.1) is 0 Å². The Labute approximate surface area is 162 Å². The molecule has 0 aliphatic rings. The topological polar surface area (TPSA) is 75.3 Å². The van der Waals surface area contributed by atoms with Crippen molar-refractivity contribution in [2.24, 2.45) is 5.92 Å². The highest BCUT2D eigenvalue weighted by molar-refractivity contribution is 7.89. The van der Waals surface area contributed by atoms with Crippen LogP contribution in [0.2, 0.25) is 0 Å². The van der Waals surface area contributed by atoms with Crippen molar-refractivity contribution in [3.05, 3.63) is 65.7 Å². The number of benzene rings is 2. The van der Waals surface area contributed by atoms with Crippen LogP contribution in [0.25, 0.3) is 0 Å². The first-order valence-corrected chi connectivity index (χ1v) is 10.7. The van der Waals surface area contributed by atoms with Crippen molar-refractivity contribution in [1.82, 2.24) is 10.0 Å². The molecule has 0 heterocycles. The highest BCUT2D eigenvalue weighted by Crippen LogP contribution is 2.13. The quantitative estimate of drug-likeness (QED) is 0.693. The minimum atomic E-state index is -3.75. The van der Waals surface area contributed by atoms with Gasteiger partial charge >= 0.3 is 0 Å². The SMILES string of the molecule is Cc1ccc(S(=O)(=O)NC(CC(C)C)C(=O)NCCc2ccccc2)cc1. The maximum atomic E-state index is 12.6. The van der Waals surface area contributed by atoms with Crippen molar-refractivity contribution in [1.29, 1.82) is 0 Å². The fraction of sp³-hybridized carbons (Fsp3) is 0.381. The molecule has 0 aliphatic carbocycles. The summed E-state index contributed by atoms with van der Waals surface area (Å²) in [4.78, 5) is 12.8. The Kier molecular flexibility index (Phi) is 7.56. The molecule has 5 nitrogen and oxygen atoms in total. The van der Waals surface area contributed by atoms with Crippen LogP contribution in [0, 0.1) is 12.8 Å². The standard InChI is InChI=1S/C21H28N2O3S/c1-16(2)15-20(21(24)22-14-13-18-7-5-4-6-8-18)23-27(25,26)19-11-9-17(3)10-12-19/h4-12,16,20,23H,13-15H2,1-3H3,(H,22,24). The molecule has 1 unspecified atom stereocenters. The minimum absolute atomic E-state index is 0.166. The van der Waals surface area contributed by atoms with Gasteiger partial charge in [-0.25, -0.2) is 8.42 Å². The van der Waals surface area contributed by atoms with Crippen LogP contribution in [-0.4, -0.2) is 26.9 Å². The molecule has 0 saturated heterocycles. The van der Waals surface area contributed by atoms with E-state index in [9.17, 15) is 13.2 Å².